The van der Waals surface area contributed by atoms with E-state index in [-0.39, 0.29) is 5.92 Å². The molecule has 3 unspecified atom stereocenters. The number of nitrogens with zero attached hydrogens (tertiary/aromatic N) is 1. The van der Waals surface area contributed by atoms with E-state index < -0.39 is 0 Å². The fourth-order valence-electron chi connectivity index (χ4n) is 4.36. The van der Waals surface area contributed by atoms with E-state index in [1.807, 2.05) is 11.9 Å². The van der Waals surface area contributed by atoms with E-state index in [1.54, 1.807) is 0 Å². The summed E-state index contributed by atoms with van der Waals surface area (Å²) in [6.45, 7) is 8.05. The van der Waals surface area contributed by atoms with Crippen LogP contribution in [0.15, 0.2) is 0 Å². The third kappa shape index (κ3) is 2.39. The lowest BCUT2D eigenvalue weighted by Crippen LogP contribution is -2.47. The Balaban J connectivity index is 2.29. The minimum Gasteiger partial charge on any atom is -0.346 e. The second-order valence-corrected chi connectivity index (χ2v) is 7.63. The molecule has 2 rings (SSSR count). The highest BCUT2D eigenvalue weighted by atomic mass is 16.2. The van der Waals surface area contributed by atoms with Crippen molar-refractivity contribution in [1.82, 2.24) is 4.90 Å². The van der Waals surface area contributed by atoms with Crippen LogP contribution in [-0.2, 0) is 4.79 Å². The van der Waals surface area contributed by atoms with Crippen molar-refractivity contribution in [2.24, 2.45) is 17.3 Å². The maximum atomic E-state index is 12.3. The summed E-state index contributed by atoms with van der Waals surface area (Å²) in [4.78, 5) is 14.3. The summed E-state index contributed by atoms with van der Waals surface area (Å²) < 4.78 is 0. The van der Waals surface area contributed by atoms with Gasteiger partial charge in [-0.2, -0.15) is 0 Å². The zero-order valence-corrected chi connectivity index (χ0v) is 12.0. The lowest BCUT2D eigenvalue weighted by atomic mass is 9.59. The van der Waals surface area contributed by atoms with Crippen molar-refractivity contribution < 1.29 is 4.79 Å². The Morgan fingerprint density at radius 1 is 1.29 bits per heavy atom. The number of hydrogen-bond acceptors (Lipinski definition) is 1. The lowest BCUT2D eigenvalue weighted by Gasteiger charge is -2.44. The summed E-state index contributed by atoms with van der Waals surface area (Å²) in [5, 5.41) is 0.389. The van der Waals surface area contributed by atoms with Gasteiger partial charge in [-0.05, 0) is 30.6 Å². The van der Waals surface area contributed by atoms with Gasteiger partial charge in [0.2, 0.25) is 5.91 Å². The SMILES string of the molecule is BC1(C)CCC2C(=O)N(C)CCC2C(C)(C)C1. The molecule has 3 atom stereocenters. The van der Waals surface area contributed by atoms with Gasteiger partial charge < -0.3 is 4.90 Å². The predicted octanol–water partition coefficient (Wildman–Crippen LogP) is 2.10. The lowest BCUT2D eigenvalue weighted by molar-refractivity contribution is -0.142. The maximum Gasteiger partial charge on any atom is 0.225 e. The van der Waals surface area contributed by atoms with Crippen molar-refractivity contribution in [2.45, 2.75) is 51.8 Å². The van der Waals surface area contributed by atoms with Crippen molar-refractivity contribution in [3.05, 3.63) is 0 Å². The molecular formula is C14H26BNO. The largest absolute Gasteiger partial charge is 0.346 e. The molecule has 1 heterocycles. The van der Waals surface area contributed by atoms with Crippen LogP contribution in [0.3, 0.4) is 0 Å². The highest BCUT2D eigenvalue weighted by Crippen LogP contribution is 2.53. The summed E-state index contributed by atoms with van der Waals surface area (Å²) in [6, 6.07) is 0. The zero-order valence-electron chi connectivity index (χ0n) is 12.0. The van der Waals surface area contributed by atoms with Crippen molar-refractivity contribution in [1.29, 1.82) is 0 Å². The van der Waals surface area contributed by atoms with Crippen LogP contribution in [0.2, 0.25) is 5.31 Å². The predicted molar refractivity (Wildman–Crippen MR) is 73.8 cm³/mol. The summed E-state index contributed by atoms with van der Waals surface area (Å²) in [6.07, 6.45) is 4.72. The summed E-state index contributed by atoms with van der Waals surface area (Å²) >= 11 is 0. The van der Waals surface area contributed by atoms with Crippen LogP contribution in [-0.4, -0.2) is 32.2 Å². The van der Waals surface area contributed by atoms with Crippen molar-refractivity contribution >= 4 is 13.8 Å². The van der Waals surface area contributed by atoms with Crippen LogP contribution in [0.4, 0.5) is 0 Å². The van der Waals surface area contributed by atoms with Crippen molar-refractivity contribution in [3.8, 4) is 0 Å². The zero-order chi connectivity index (χ0) is 12.8. The van der Waals surface area contributed by atoms with Crippen LogP contribution >= 0.6 is 0 Å². The Labute approximate surface area is 107 Å². The van der Waals surface area contributed by atoms with Crippen molar-refractivity contribution in [2.75, 3.05) is 13.6 Å². The molecule has 0 radical (unpaired) electrons. The summed E-state index contributed by atoms with van der Waals surface area (Å²) in [5.74, 6) is 1.27. The van der Waals surface area contributed by atoms with Crippen LogP contribution in [0.5, 0.6) is 0 Å². The monoisotopic (exact) mass is 235 g/mol. The van der Waals surface area contributed by atoms with E-state index in [1.165, 1.54) is 19.3 Å². The number of carbonyl (C=O) groups excluding carboxylic acids is 1. The average molecular weight is 235 g/mol. The molecule has 1 saturated heterocycles. The van der Waals surface area contributed by atoms with Gasteiger partial charge in [-0.1, -0.05) is 32.5 Å². The quantitative estimate of drug-likeness (QED) is 0.589. The van der Waals surface area contributed by atoms with Crippen molar-refractivity contribution in [3.63, 3.8) is 0 Å². The fraction of sp³-hybridized carbons (Fsp3) is 0.929. The van der Waals surface area contributed by atoms with Crippen LogP contribution < -0.4 is 0 Å². The number of piperidine rings is 1. The van der Waals surface area contributed by atoms with E-state index in [9.17, 15) is 4.79 Å². The standard InChI is InChI=1S/C14H26BNO/c1-13(2)9-14(3,15)7-5-10-11(13)6-8-16(4)12(10)17/h10-11H,5-9,15H2,1-4H3. The molecule has 2 nitrogen and oxygen atoms in total. The smallest absolute Gasteiger partial charge is 0.225 e. The van der Waals surface area contributed by atoms with Gasteiger partial charge in [0.25, 0.3) is 0 Å². The molecule has 1 aliphatic heterocycles. The van der Waals surface area contributed by atoms with Gasteiger partial charge in [-0.3, -0.25) is 4.79 Å². The second-order valence-electron chi connectivity index (χ2n) is 7.63. The maximum absolute atomic E-state index is 12.3. The van der Waals surface area contributed by atoms with Gasteiger partial charge in [-0.15, -0.1) is 0 Å². The Hall–Kier alpha value is -0.465. The average Bonchev–Trinajstić information content (AvgIpc) is 2.26. The Kier molecular flexibility index (Phi) is 3.08. The van der Waals surface area contributed by atoms with E-state index in [0.29, 0.717) is 22.6 Å². The molecule has 0 bridgehead atoms. The summed E-state index contributed by atoms with van der Waals surface area (Å²) in [5.41, 5.74) is 0.307. The second kappa shape index (κ2) is 4.03. The van der Waals surface area contributed by atoms with Gasteiger partial charge in [0.05, 0.1) is 0 Å². The molecule has 0 N–H and O–H groups in total. The van der Waals surface area contributed by atoms with Gasteiger partial charge >= 0.3 is 0 Å². The fourth-order valence-corrected chi connectivity index (χ4v) is 4.36. The molecule has 1 saturated carbocycles. The molecule has 1 amide bonds. The van der Waals surface area contributed by atoms with Gasteiger partial charge in [0.1, 0.15) is 7.85 Å². The molecule has 1 aliphatic carbocycles. The minimum atomic E-state index is 0.283. The van der Waals surface area contributed by atoms with E-state index >= 15 is 0 Å². The number of amides is 1. The van der Waals surface area contributed by atoms with Gasteiger partial charge in [0, 0.05) is 19.5 Å². The first kappa shape index (κ1) is 13.0. The van der Waals surface area contributed by atoms with E-state index in [4.69, 9.17) is 0 Å². The number of rotatable bonds is 0. The normalized spacial score (nSPS) is 41.9. The third-order valence-electron chi connectivity index (χ3n) is 5.02. The van der Waals surface area contributed by atoms with Crippen LogP contribution in [0.25, 0.3) is 0 Å². The number of carbonyl (C=O) groups is 1. The number of hydrogen-bond donors (Lipinski definition) is 0. The van der Waals surface area contributed by atoms with E-state index in [0.717, 1.165) is 13.0 Å². The first-order valence-electron chi connectivity index (χ1n) is 6.98. The van der Waals surface area contributed by atoms with Gasteiger partial charge in [0.15, 0.2) is 0 Å². The van der Waals surface area contributed by atoms with E-state index in [2.05, 4.69) is 28.6 Å². The first-order chi connectivity index (χ1) is 7.73. The molecule has 2 fully saturated rings. The Morgan fingerprint density at radius 2 is 1.94 bits per heavy atom. The van der Waals surface area contributed by atoms with Gasteiger partial charge in [-0.25, -0.2) is 0 Å². The summed E-state index contributed by atoms with van der Waals surface area (Å²) in [7, 11) is 4.32. The molecule has 0 aromatic heterocycles. The molecule has 3 heteroatoms. The minimum absolute atomic E-state index is 0.283. The molecule has 17 heavy (non-hydrogen) atoms. The van der Waals surface area contributed by atoms with Crippen LogP contribution in [0, 0.1) is 17.3 Å². The highest BCUT2D eigenvalue weighted by molar-refractivity contribution is 6.14. The topological polar surface area (TPSA) is 20.3 Å². The number of fused-ring (bicyclic) bond motifs is 1. The first-order valence-corrected chi connectivity index (χ1v) is 6.98. The molecule has 96 valence electrons. The molecule has 0 aromatic rings. The van der Waals surface area contributed by atoms with Crippen LogP contribution in [0.1, 0.15) is 46.5 Å². The Morgan fingerprint density at radius 3 is 2.59 bits per heavy atom. The molecule has 0 spiro atoms. The molecular weight excluding hydrogens is 209 g/mol. The number of likely N-dealkylation sites (tertiary alicyclic amines) is 1. The Bertz CT molecular complexity index is 324. The third-order valence-corrected chi connectivity index (χ3v) is 5.02. The molecule has 2 aliphatic rings. The molecule has 0 aromatic carbocycles. The highest BCUT2D eigenvalue weighted by Gasteiger charge is 2.47.